The van der Waals surface area contributed by atoms with Crippen LogP contribution < -0.4 is 5.73 Å². The molecule has 0 fully saturated rings. The molecule has 2 aromatic rings. The zero-order valence-corrected chi connectivity index (χ0v) is 27.2. The number of aryl methyl sites for hydroxylation is 2. The summed E-state index contributed by atoms with van der Waals surface area (Å²) in [5.74, 6) is 0. The summed E-state index contributed by atoms with van der Waals surface area (Å²) in [5, 5.41) is 8.43. The van der Waals surface area contributed by atoms with E-state index in [0.29, 0.717) is 6.61 Å². The molecule has 41 heavy (non-hydrogen) atoms. The Bertz CT molecular complexity index is 1110. The highest BCUT2D eigenvalue weighted by Crippen LogP contribution is 2.15. The Kier molecular flexibility index (Phi) is 25.6. The third kappa shape index (κ3) is 24.7. The van der Waals surface area contributed by atoms with Crippen LogP contribution in [0.4, 0.5) is 0 Å². The molecule has 0 unspecified atom stereocenters. The Labute approximate surface area is 253 Å². The predicted octanol–water partition coefficient (Wildman–Crippen LogP) is 4.20. The Morgan fingerprint density at radius 2 is 1.27 bits per heavy atom. The summed E-state index contributed by atoms with van der Waals surface area (Å²) < 4.78 is 59.2. The minimum atomic E-state index is -3.68. The summed E-state index contributed by atoms with van der Waals surface area (Å²) in [6.07, 6.45) is 0.291. The van der Waals surface area contributed by atoms with E-state index in [9.17, 15) is 16.8 Å². The molecular formula is C28H51ClN2O8S2. The number of nitrogens with zero attached hydrogens (tertiary/aromatic N) is 1. The van der Waals surface area contributed by atoms with Crippen LogP contribution in [-0.4, -0.2) is 93.7 Å². The molecule has 0 radical (unpaired) electrons. The van der Waals surface area contributed by atoms with E-state index in [0.717, 1.165) is 30.6 Å². The summed E-state index contributed by atoms with van der Waals surface area (Å²) >= 11 is 0. The van der Waals surface area contributed by atoms with Gasteiger partial charge in [-0.3, -0.25) is 4.18 Å². The van der Waals surface area contributed by atoms with Gasteiger partial charge in [0.25, 0.3) is 19.2 Å². The first-order valence-electron chi connectivity index (χ1n) is 12.5. The van der Waals surface area contributed by atoms with Gasteiger partial charge >= 0.3 is 0 Å². The number of benzene rings is 2. The predicted molar refractivity (Wildman–Crippen MR) is 168 cm³/mol. The first kappa shape index (κ1) is 43.8. The second-order valence-electron chi connectivity index (χ2n) is 9.13. The van der Waals surface area contributed by atoms with Gasteiger partial charge in [-0.05, 0) is 85.6 Å². The van der Waals surface area contributed by atoms with Crippen LogP contribution in [0.2, 0.25) is 0 Å². The van der Waals surface area contributed by atoms with Gasteiger partial charge in [-0.15, -0.1) is 0 Å². The molecule has 0 saturated carbocycles. The summed E-state index contributed by atoms with van der Waals surface area (Å²) in [5.41, 5.74) is 7.26. The van der Waals surface area contributed by atoms with Crippen molar-refractivity contribution in [3.8, 4) is 0 Å². The standard InChI is InChI=1S/C11H16O4S.C7H7ClO2S.C5H14N2.C4H10O2.CH4/c1-9-4-6-11(7-5-9)16(12,13)15-10(2)8-14-3;1-6-2-4-7(5-3-6)11(8,9)10;1-7(2)5-3-4-6;1-4(5)3-6-2;/h4-7,10H,8H2,1-3H3;2-5H,1H3;3-6H2,1-2H3;4-5H,3H2,1-2H3;1H4/t10-;;;4-;/m1..1./s1. The van der Waals surface area contributed by atoms with Gasteiger partial charge in [-0.2, -0.15) is 8.42 Å². The van der Waals surface area contributed by atoms with Crippen molar-refractivity contribution in [3.63, 3.8) is 0 Å². The second-order valence-corrected chi connectivity index (χ2v) is 13.3. The Morgan fingerprint density at radius 1 is 0.854 bits per heavy atom. The van der Waals surface area contributed by atoms with E-state index in [1.807, 2.05) is 13.8 Å². The van der Waals surface area contributed by atoms with Crippen LogP contribution in [-0.2, 0) is 32.8 Å². The van der Waals surface area contributed by atoms with Crippen LogP contribution in [0.25, 0.3) is 0 Å². The maximum Gasteiger partial charge on any atom is 0.297 e. The lowest BCUT2D eigenvalue weighted by Gasteiger charge is -2.11. The molecule has 0 heterocycles. The van der Waals surface area contributed by atoms with E-state index in [2.05, 4.69) is 23.7 Å². The molecule has 0 aliphatic rings. The number of methoxy groups -OCH3 is 2. The monoisotopic (exact) mass is 642 g/mol. The molecule has 0 aliphatic heterocycles. The molecule has 0 saturated heterocycles. The maximum atomic E-state index is 11.8. The Hall–Kier alpha value is -1.61. The van der Waals surface area contributed by atoms with Crippen molar-refractivity contribution in [2.45, 2.75) is 63.5 Å². The first-order valence-corrected chi connectivity index (χ1v) is 16.2. The van der Waals surface area contributed by atoms with Gasteiger partial charge < -0.3 is 25.2 Å². The Balaban J connectivity index is -0.000000504. The fourth-order valence-electron chi connectivity index (χ4n) is 2.59. The first-order chi connectivity index (χ1) is 18.5. The summed E-state index contributed by atoms with van der Waals surface area (Å²) in [4.78, 5) is 2.44. The fraction of sp³-hybridized carbons (Fsp3) is 0.571. The van der Waals surface area contributed by atoms with Gasteiger partial charge in [-0.1, -0.05) is 42.8 Å². The van der Waals surface area contributed by atoms with Crippen molar-refractivity contribution < 1.29 is 35.6 Å². The van der Waals surface area contributed by atoms with Gasteiger partial charge in [-0.25, -0.2) is 8.42 Å². The largest absolute Gasteiger partial charge is 0.391 e. The zero-order chi connectivity index (χ0) is 31.4. The summed E-state index contributed by atoms with van der Waals surface area (Å²) in [6, 6.07) is 12.9. The smallest absolute Gasteiger partial charge is 0.297 e. The lowest BCUT2D eigenvalue weighted by atomic mass is 10.2. The third-order valence-corrected chi connectivity index (χ3v) is 7.32. The maximum absolute atomic E-state index is 11.8. The topological polar surface area (TPSA) is 145 Å². The minimum absolute atomic E-state index is 0. The number of aliphatic hydroxyl groups is 1. The molecule has 240 valence electrons. The summed E-state index contributed by atoms with van der Waals surface area (Å²) in [7, 11) is 5.02. The zero-order valence-electron chi connectivity index (χ0n) is 24.8. The van der Waals surface area contributed by atoms with E-state index < -0.39 is 25.3 Å². The lowest BCUT2D eigenvalue weighted by Crippen LogP contribution is -2.19. The van der Waals surface area contributed by atoms with Crippen LogP contribution in [0, 0.1) is 13.8 Å². The van der Waals surface area contributed by atoms with E-state index >= 15 is 0 Å². The van der Waals surface area contributed by atoms with Crippen molar-refractivity contribution in [2.24, 2.45) is 5.73 Å². The van der Waals surface area contributed by atoms with E-state index in [1.165, 1.54) is 31.4 Å². The van der Waals surface area contributed by atoms with Crippen molar-refractivity contribution >= 4 is 29.9 Å². The number of aliphatic hydroxyl groups excluding tert-OH is 1. The fourth-order valence-corrected chi connectivity index (χ4v) is 4.43. The Morgan fingerprint density at radius 3 is 1.54 bits per heavy atom. The van der Waals surface area contributed by atoms with Gasteiger partial charge in [0, 0.05) is 24.9 Å². The number of halogens is 1. The normalized spacial score (nSPS) is 12.3. The third-order valence-electron chi connectivity index (χ3n) is 4.52. The van der Waals surface area contributed by atoms with Crippen LogP contribution >= 0.6 is 10.7 Å². The molecule has 2 atom stereocenters. The highest BCUT2D eigenvalue weighted by Gasteiger charge is 2.18. The van der Waals surface area contributed by atoms with E-state index in [1.54, 1.807) is 45.2 Å². The molecule has 2 aromatic carbocycles. The molecule has 0 spiro atoms. The second kappa shape index (κ2) is 23.9. The molecular weight excluding hydrogens is 592 g/mol. The molecule has 2 rings (SSSR count). The number of rotatable bonds is 11. The van der Waals surface area contributed by atoms with Gasteiger partial charge in [0.2, 0.25) is 0 Å². The molecule has 0 bridgehead atoms. The summed E-state index contributed by atoms with van der Waals surface area (Å²) in [6.45, 7) is 9.69. The number of ether oxygens (including phenoxy) is 2. The van der Waals surface area contributed by atoms with Crippen molar-refractivity contribution in [2.75, 3.05) is 54.6 Å². The quantitative estimate of drug-likeness (QED) is 0.270. The van der Waals surface area contributed by atoms with Crippen LogP contribution in [0.1, 0.15) is 38.8 Å². The van der Waals surface area contributed by atoms with Crippen LogP contribution in [0.5, 0.6) is 0 Å². The van der Waals surface area contributed by atoms with Crippen molar-refractivity contribution in [3.05, 3.63) is 59.7 Å². The molecule has 0 aliphatic carbocycles. The molecule has 10 nitrogen and oxygen atoms in total. The van der Waals surface area contributed by atoms with Crippen LogP contribution in [0.15, 0.2) is 58.3 Å². The van der Waals surface area contributed by atoms with Crippen molar-refractivity contribution in [1.29, 1.82) is 0 Å². The van der Waals surface area contributed by atoms with Gasteiger partial charge in [0.15, 0.2) is 0 Å². The van der Waals surface area contributed by atoms with Gasteiger partial charge in [0.05, 0.1) is 35.2 Å². The van der Waals surface area contributed by atoms with Crippen molar-refractivity contribution in [1.82, 2.24) is 4.90 Å². The number of hydrogen-bond donors (Lipinski definition) is 2. The van der Waals surface area contributed by atoms with Crippen LogP contribution in [0.3, 0.4) is 0 Å². The average molecular weight is 643 g/mol. The molecule has 13 heteroatoms. The van der Waals surface area contributed by atoms with E-state index in [-0.39, 0.29) is 29.9 Å². The highest BCUT2D eigenvalue weighted by molar-refractivity contribution is 8.13. The molecule has 0 amide bonds. The molecule has 0 aromatic heterocycles. The SMILES string of the molecule is C.CN(C)CCCN.COC[C@@H](C)O.COC[C@@H](C)OS(=O)(=O)c1ccc(C)cc1.Cc1ccc(S(=O)(=O)Cl)cc1. The highest BCUT2D eigenvalue weighted by atomic mass is 35.7. The van der Waals surface area contributed by atoms with E-state index in [4.69, 9.17) is 30.4 Å². The lowest BCUT2D eigenvalue weighted by molar-refractivity contribution is 0.0765. The average Bonchev–Trinajstić information content (AvgIpc) is 2.83. The molecule has 3 N–H and O–H groups in total. The van der Waals surface area contributed by atoms with Gasteiger partial charge in [0.1, 0.15) is 0 Å². The minimum Gasteiger partial charge on any atom is -0.391 e. The number of hydrogen-bond acceptors (Lipinski definition) is 10. The number of nitrogens with two attached hydrogens (primary N) is 1.